The van der Waals surface area contributed by atoms with Crippen LogP contribution in [0.25, 0.3) is 0 Å². The SMILES string of the molecule is Cl.O=C(CC1(O)CCN(Cc2ccccn2)CC1)c1ccccc1. The van der Waals surface area contributed by atoms with Gasteiger partial charge in [-0.3, -0.25) is 14.7 Å². The summed E-state index contributed by atoms with van der Waals surface area (Å²) < 4.78 is 0. The summed E-state index contributed by atoms with van der Waals surface area (Å²) in [6, 6.07) is 15.1. The molecule has 0 aliphatic carbocycles. The monoisotopic (exact) mass is 346 g/mol. The van der Waals surface area contributed by atoms with Crippen LogP contribution in [0, 0.1) is 0 Å². The van der Waals surface area contributed by atoms with Crippen LogP contribution in [-0.4, -0.2) is 39.5 Å². The van der Waals surface area contributed by atoms with E-state index in [-0.39, 0.29) is 24.6 Å². The zero-order chi connectivity index (χ0) is 16.1. The molecule has 0 amide bonds. The van der Waals surface area contributed by atoms with Gasteiger partial charge in [0.15, 0.2) is 5.78 Å². The third kappa shape index (κ3) is 4.87. The predicted molar refractivity (Wildman–Crippen MR) is 96.3 cm³/mol. The van der Waals surface area contributed by atoms with Crippen molar-refractivity contribution < 1.29 is 9.90 Å². The molecule has 2 aromatic rings. The van der Waals surface area contributed by atoms with E-state index in [2.05, 4.69) is 9.88 Å². The Bertz CT molecular complexity index is 641. The van der Waals surface area contributed by atoms with Gasteiger partial charge in [0.2, 0.25) is 0 Å². The smallest absolute Gasteiger partial charge is 0.165 e. The molecular weight excluding hydrogens is 324 g/mol. The Balaban J connectivity index is 0.00000208. The molecule has 3 rings (SSSR count). The van der Waals surface area contributed by atoms with Crippen LogP contribution < -0.4 is 0 Å². The van der Waals surface area contributed by atoms with Gasteiger partial charge in [-0.05, 0) is 25.0 Å². The number of rotatable bonds is 5. The second-order valence-electron chi connectivity index (χ2n) is 6.29. The molecule has 0 saturated carbocycles. The van der Waals surface area contributed by atoms with Gasteiger partial charge >= 0.3 is 0 Å². The molecule has 0 unspecified atom stereocenters. The minimum atomic E-state index is -0.881. The van der Waals surface area contributed by atoms with E-state index in [0.29, 0.717) is 18.4 Å². The summed E-state index contributed by atoms with van der Waals surface area (Å²) in [5, 5.41) is 10.7. The van der Waals surface area contributed by atoms with E-state index in [1.54, 1.807) is 6.20 Å². The molecule has 1 N–H and O–H groups in total. The normalized spacial score (nSPS) is 17.0. The van der Waals surface area contributed by atoms with Gasteiger partial charge in [-0.25, -0.2) is 0 Å². The summed E-state index contributed by atoms with van der Waals surface area (Å²) in [5.74, 6) is 0.0197. The molecule has 128 valence electrons. The zero-order valence-electron chi connectivity index (χ0n) is 13.6. The molecule has 0 spiro atoms. The molecule has 1 aliphatic heterocycles. The highest BCUT2D eigenvalue weighted by molar-refractivity contribution is 5.96. The van der Waals surface area contributed by atoms with E-state index in [9.17, 15) is 9.90 Å². The molecule has 4 nitrogen and oxygen atoms in total. The molecule has 2 heterocycles. The van der Waals surface area contributed by atoms with Gasteiger partial charge in [0.05, 0.1) is 11.3 Å². The highest BCUT2D eigenvalue weighted by Crippen LogP contribution is 2.27. The standard InChI is InChI=1S/C19H22N2O2.ClH/c22-18(16-6-2-1-3-7-16)14-19(23)9-12-21(13-10-19)15-17-8-4-5-11-20-17;/h1-8,11,23H,9-10,12-15H2;1H. The summed E-state index contributed by atoms with van der Waals surface area (Å²) in [5.41, 5.74) is 0.836. The van der Waals surface area contributed by atoms with Crippen molar-refractivity contribution in [3.8, 4) is 0 Å². The second-order valence-corrected chi connectivity index (χ2v) is 6.29. The minimum Gasteiger partial charge on any atom is -0.389 e. The molecule has 0 radical (unpaired) electrons. The van der Waals surface area contributed by atoms with E-state index in [1.807, 2.05) is 48.5 Å². The van der Waals surface area contributed by atoms with Crippen LogP contribution in [0.4, 0.5) is 0 Å². The first-order valence-electron chi connectivity index (χ1n) is 8.08. The third-order valence-electron chi connectivity index (χ3n) is 4.48. The fourth-order valence-corrected chi connectivity index (χ4v) is 3.05. The maximum Gasteiger partial charge on any atom is 0.165 e. The van der Waals surface area contributed by atoms with Crippen molar-refractivity contribution in [2.45, 2.75) is 31.4 Å². The predicted octanol–water partition coefficient (Wildman–Crippen LogP) is 3.10. The van der Waals surface area contributed by atoms with Gasteiger partial charge in [0.1, 0.15) is 0 Å². The van der Waals surface area contributed by atoms with Crippen LogP contribution in [-0.2, 0) is 6.54 Å². The van der Waals surface area contributed by atoms with Crippen LogP contribution in [0.3, 0.4) is 0 Å². The van der Waals surface area contributed by atoms with E-state index >= 15 is 0 Å². The van der Waals surface area contributed by atoms with Crippen LogP contribution >= 0.6 is 12.4 Å². The maximum absolute atomic E-state index is 12.3. The first-order chi connectivity index (χ1) is 11.1. The van der Waals surface area contributed by atoms with E-state index < -0.39 is 5.60 Å². The van der Waals surface area contributed by atoms with Crippen LogP contribution in [0.5, 0.6) is 0 Å². The van der Waals surface area contributed by atoms with Crippen LogP contribution in [0.1, 0.15) is 35.3 Å². The number of carbonyl (C=O) groups is 1. The van der Waals surface area contributed by atoms with Crippen LogP contribution in [0.15, 0.2) is 54.7 Å². The summed E-state index contributed by atoms with van der Waals surface area (Å²) >= 11 is 0. The summed E-state index contributed by atoms with van der Waals surface area (Å²) in [6.07, 6.45) is 3.25. The Labute approximate surface area is 148 Å². The van der Waals surface area contributed by atoms with E-state index in [1.165, 1.54) is 0 Å². The Hall–Kier alpha value is -1.75. The van der Waals surface area contributed by atoms with Crippen molar-refractivity contribution in [3.05, 3.63) is 66.0 Å². The molecule has 0 atom stereocenters. The van der Waals surface area contributed by atoms with Crippen molar-refractivity contribution in [2.75, 3.05) is 13.1 Å². The Morgan fingerprint density at radius 3 is 2.38 bits per heavy atom. The number of piperidine rings is 1. The van der Waals surface area contributed by atoms with Crippen molar-refractivity contribution in [3.63, 3.8) is 0 Å². The number of hydrogen-bond acceptors (Lipinski definition) is 4. The highest BCUT2D eigenvalue weighted by atomic mass is 35.5. The molecule has 1 aromatic heterocycles. The first kappa shape index (κ1) is 18.6. The topological polar surface area (TPSA) is 53.4 Å². The molecule has 1 fully saturated rings. The van der Waals surface area contributed by atoms with Gasteiger partial charge in [-0.2, -0.15) is 0 Å². The first-order valence-corrected chi connectivity index (χ1v) is 8.08. The maximum atomic E-state index is 12.3. The number of likely N-dealkylation sites (tertiary alicyclic amines) is 1. The van der Waals surface area contributed by atoms with Crippen molar-refractivity contribution in [2.24, 2.45) is 0 Å². The van der Waals surface area contributed by atoms with Gasteiger partial charge in [0.25, 0.3) is 0 Å². The Morgan fingerprint density at radius 1 is 1.08 bits per heavy atom. The Kier molecular flexibility index (Phi) is 6.49. The average molecular weight is 347 g/mol. The number of aromatic nitrogens is 1. The lowest BCUT2D eigenvalue weighted by molar-refractivity contribution is -0.0243. The molecule has 1 saturated heterocycles. The fourth-order valence-electron chi connectivity index (χ4n) is 3.05. The number of ketones is 1. The molecule has 1 aliphatic rings. The van der Waals surface area contributed by atoms with E-state index in [0.717, 1.165) is 25.3 Å². The summed E-state index contributed by atoms with van der Waals surface area (Å²) in [6.45, 7) is 2.37. The average Bonchev–Trinajstić information content (AvgIpc) is 2.59. The molecule has 24 heavy (non-hydrogen) atoms. The number of hydrogen-bond donors (Lipinski definition) is 1. The van der Waals surface area contributed by atoms with Gasteiger partial charge in [-0.1, -0.05) is 36.4 Å². The number of halogens is 1. The molecule has 0 bridgehead atoms. The number of pyridine rings is 1. The lowest BCUT2D eigenvalue weighted by Gasteiger charge is -2.37. The number of benzene rings is 1. The van der Waals surface area contributed by atoms with Crippen LogP contribution in [0.2, 0.25) is 0 Å². The second kappa shape index (κ2) is 8.38. The van der Waals surface area contributed by atoms with Gasteiger partial charge < -0.3 is 5.11 Å². The van der Waals surface area contributed by atoms with Crippen molar-refractivity contribution in [1.29, 1.82) is 0 Å². The van der Waals surface area contributed by atoms with Gasteiger partial charge in [-0.15, -0.1) is 12.4 Å². The molecule has 1 aromatic carbocycles. The summed E-state index contributed by atoms with van der Waals surface area (Å²) in [7, 11) is 0. The number of aliphatic hydroxyl groups is 1. The van der Waals surface area contributed by atoms with E-state index in [4.69, 9.17) is 0 Å². The van der Waals surface area contributed by atoms with Crippen molar-refractivity contribution >= 4 is 18.2 Å². The fraction of sp³-hybridized carbons (Fsp3) is 0.368. The third-order valence-corrected chi connectivity index (χ3v) is 4.48. The van der Waals surface area contributed by atoms with Crippen molar-refractivity contribution in [1.82, 2.24) is 9.88 Å². The lowest BCUT2D eigenvalue weighted by atomic mass is 9.85. The minimum absolute atomic E-state index is 0. The highest BCUT2D eigenvalue weighted by Gasteiger charge is 2.34. The molecule has 5 heteroatoms. The molecular formula is C19H23ClN2O2. The largest absolute Gasteiger partial charge is 0.389 e. The number of carbonyl (C=O) groups excluding carboxylic acids is 1. The van der Waals surface area contributed by atoms with Gasteiger partial charge in [0, 0.05) is 37.8 Å². The quantitative estimate of drug-likeness (QED) is 0.845. The Morgan fingerprint density at radius 2 is 1.75 bits per heavy atom. The lowest BCUT2D eigenvalue weighted by Crippen LogP contribution is -2.45. The number of Topliss-reactive ketones (excluding diaryl/α,β-unsaturated/α-hetero) is 1. The number of nitrogens with zero attached hydrogens (tertiary/aromatic N) is 2. The zero-order valence-corrected chi connectivity index (χ0v) is 14.4. The summed E-state index contributed by atoms with van der Waals surface area (Å²) in [4.78, 5) is 18.9.